The summed E-state index contributed by atoms with van der Waals surface area (Å²) in [4.78, 5) is 4.78. The number of hydrogen-bond acceptors (Lipinski definition) is 4. The lowest BCUT2D eigenvalue weighted by Crippen LogP contribution is -2.60. The van der Waals surface area contributed by atoms with Gasteiger partial charge in [-0.15, -0.1) is 0 Å². The maximum atomic E-state index is 7.52. The molecule has 2 atom stereocenters. The van der Waals surface area contributed by atoms with Gasteiger partial charge < -0.3 is 8.83 Å². The first-order valence-corrected chi connectivity index (χ1v) is 20.7. The van der Waals surface area contributed by atoms with E-state index < -0.39 is 0 Å². The standard InChI is InChI=1S/C53H41BN2O2/c1-30-28-41-47-42(29-30)56(32-18-10-7-11-19-32)51-46(36-25-27-40-44(49(36)58-51)34-21-13-15-23-38(34)53(40,4)5)54(47)45-35-24-26-39-43(33-20-12-14-22-37(33)52(39,2)3)48(35)57-50(45)55(41)31-16-8-6-9-17-31/h6-29,33,37H,1-5H3. The van der Waals surface area contributed by atoms with Gasteiger partial charge >= 0.3 is 0 Å². The number of nitrogens with zero attached hydrogens (tertiary/aromatic N) is 2. The molecule has 0 saturated heterocycles. The maximum Gasteiger partial charge on any atom is 0.262 e. The van der Waals surface area contributed by atoms with E-state index >= 15 is 0 Å². The van der Waals surface area contributed by atoms with Crippen molar-refractivity contribution in [2.75, 3.05) is 9.80 Å². The third-order valence-electron chi connectivity index (χ3n) is 14.4. The molecule has 6 aromatic carbocycles. The van der Waals surface area contributed by atoms with Crippen LogP contribution >= 0.6 is 0 Å². The lowest BCUT2D eigenvalue weighted by atomic mass is 9.33. The lowest BCUT2D eigenvalue weighted by molar-refractivity contribution is 0.394. The quantitative estimate of drug-likeness (QED) is 0.165. The number of allylic oxidation sites excluding steroid dienone is 4. The van der Waals surface area contributed by atoms with Crippen LogP contribution in [0.25, 0.3) is 33.1 Å². The number of hydrogen-bond donors (Lipinski definition) is 0. The zero-order chi connectivity index (χ0) is 38.8. The van der Waals surface area contributed by atoms with Gasteiger partial charge in [-0.05, 0) is 87.9 Å². The smallest absolute Gasteiger partial charge is 0.262 e. The van der Waals surface area contributed by atoms with E-state index in [9.17, 15) is 0 Å². The molecule has 0 spiro atoms. The van der Waals surface area contributed by atoms with Gasteiger partial charge in [0, 0.05) is 66.9 Å². The summed E-state index contributed by atoms with van der Waals surface area (Å²) in [6.45, 7) is 11.6. The van der Waals surface area contributed by atoms with Crippen LogP contribution in [-0.4, -0.2) is 6.71 Å². The predicted octanol–water partition coefficient (Wildman–Crippen LogP) is 12.0. The second-order valence-electron chi connectivity index (χ2n) is 18.1. The van der Waals surface area contributed by atoms with Gasteiger partial charge in [0.15, 0.2) is 0 Å². The Morgan fingerprint density at radius 3 is 1.81 bits per heavy atom. The van der Waals surface area contributed by atoms with Crippen molar-refractivity contribution in [1.29, 1.82) is 0 Å². The van der Waals surface area contributed by atoms with E-state index in [2.05, 4.69) is 190 Å². The van der Waals surface area contributed by atoms with Crippen molar-refractivity contribution in [1.82, 2.24) is 0 Å². The average molecular weight is 749 g/mol. The van der Waals surface area contributed by atoms with Crippen molar-refractivity contribution in [3.05, 3.63) is 173 Å². The van der Waals surface area contributed by atoms with Crippen molar-refractivity contribution >= 4 is 79.6 Å². The van der Waals surface area contributed by atoms with Gasteiger partial charge in [-0.2, -0.15) is 0 Å². The predicted molar refractivity (Wildman–Crippen MR) is 240 cm³/mol. The Labute approximate surface area is 338 Å². The van der Waals surface area contributed by atoms with Gasteiger partial charge in [0.25, 0.3) is 6.71 Å². The van der Waals surface area contributed by atoms with Crippen LogP contribution in [0, 0.1) is 12.8 Å². The highest BCUT2D eigenvalue weighted by Crippen LogP contribution is 2.57. The summed E-state index contributed by atoms with van der Waals surface area (Å²) in [5.74, 6) is 2.38. The van der Waals surface area contributed by atoms with Crippen molar-refractivity contribution in [3.8, 4) is 11.1 Å². The number of fused-ring (bicyclic) bond motifs is 16. The second kappa shape index (κ2) is 10.9. The zero-order valence-corrected chi connectivity index (χ0v) is 33.3. The summed E-state index contributed by atoms with van der Waals surface area (Å²) in [5, 5.41) is 2.33. The Morgan fingerprint density at radius 1 is 0.569 bits per heavy atom. The summed E-state index contributed by atoms with van der Waals surface area (Å²) in [7, 11) is 0. The Kier molecular flexibility index (Phi) is 6.15. The zero-order valence-electron chi connectivity index (χ0n) is 33.3. The first kappa shape index (κ1) is 32.6. The molecule has 0 amide bonds. The van der Waals surface area contributed by atoms with E-state index in [0.29, 0.717) is 5.92 Å². The molecule has 2 aromatic heterocycles. The first-order valence-electron chi connectivity index (χ1n) is 20.7. The minimum absolute atomic E-state index is 0.0332. The molecule has 5 heteroatoms. The molecule has 4 nitrogen and oxygen atoms in total. The van der Waals surface area contributed by atoms with E-state index in [0.717, 1.165) is 51.1 Å². The molecule has 278 valence electrons. The molecule has 0 saturated carbocycles. The van der Waals surface area contributed by atoms with Crippen LogP contribution in [0.15, 0.2) is 154 Å². The third kappa shape index (κ3) is 3.88. The van der Waals surface area contributed by atoms with Gasteiger partial charge in [0.05, 0.1) is 0 Å². The SMILES string of the molecule is Cc1cc2c3c(c1)N(c1ccccc1)c1oc4c5c(ccc4c1B3c1c(oc3c4c(ccc13)C(C)(C)c1ccccc1-4)N2c1ccccc1)C(C)(C)C1C=CC=CC51. The summed E-state index contributed by atoms with van der Waals surface area (Å²) >= 11 is 0. The fourth-order valence-corrected chi connectivity index (χ4v) is 11.8. The highest BCUT2D eigenvalue weighted by Gasteiger charge is 2.52. The highest BCUT2D eigenvalue weighted by molar-refractivity contribution is 7.02. The van der Waals surface area contributed by atoms with Crippen molar-refractivity contribution in [3.63, 3.8) is 0 Å². The molecule has 2 aliphatic heterocycles. The normalized spacial score (nSPS) is 19.5. The number of furan rings is 2. The van der Waals surface area contributed by atoms with Crippen molar-refractivity contribution in [2.45, 2.75) is 51.4 Å². The molecule has 5 aliphatic rings. The second-order valence-corrected chi connectivity index (χ2v) is 18.1. The number of anilines is 6. The molecular weight excluding hydrogens is 707 g/mol. The van der Waals surface area contributed by atoms with E-state index in [-0.39, 0.29) is 23.5 Å². The number of rotatable bonds is 2. The average Bonchev–Trinajstić information content (AvgIpc) is 3.94. The van der Waals surface area contributed by atoms with Gasteiger partial charge in [-0.3, -0.25) is 9.80 Å². The molecule has 3 aliphatic carbocycles. The van der Waals surface area contributed by atoms with Gasteiger partial charge in [-0.1, -0.05) is 137 Å². The fraction of sp³-hybridized carbons (Fsp3) is 0.170. The number of para-hydroxylation sites is 2. The maximum absolute atomic E-state index is 7.52. The van der Waals surface area contributed by atoms with Crippen molar-refractivity contribution < 1.29 is 8.83 Å². The molecule has 58 heavy (non-hydrogen) atoms. The van der Waals surface area contributed by atoms with Crippen LogP contribution in [0.2, 0.25) is 0 Å². The number of aryl methyl sites for hydroxylation is 1. The Balaban J connectivity index is 1.19. The van der Waals surface area contributed by atoms with Crippen LogP contribution < -0.4 is 26.2 Å². The van der Waals surface area contributed by atoms with Crippen LogP contribution in [0.5, 0.6) is 0 Å². The Hall–Kier alpha value is -6.46. The minimum Gasteiger partial charge on any atom is -0.440 e. The van der Waals surface area contributed by atoms with Gasteiger partial charge in [-0.25, -0.2) is 0 Å². The number of benzene rings is 6. The van der Waals surface area contributed by atoms with E-state index in [4.69, 9.17) is 8.83 Å². The highest BCUT2D eigenvalue weighted by atomic mass is 16.4. The summed E-state index contributed by atoms with van der Waals surface area (Å²) in [5.41, 5.74) is 18.9. The summed E-state index contributed by atoms with van der Waals surface area (Å²) in [6, 6.07) is 44.7. The molecule has 13 rings (SSSR count). The molecule has 0 bridgehead atoms. The minimum atomic E-state index is -0.149. The van der Waals surface area contributed by atoms with E-state index in [1.807, 2.05) is 0 Å². The van der Waals surface area contributed by atoms with Crippen LogP contribution in [0.4, 0.5) is 34.5 Å². The Morgan fingerprint density at radius 2 is 1.14 bits per heavy atom. The topological polar surface area (TPSA) is 32.8 Å². The fourth-order valence-electron chi connectivity index (χ4n) is 11.8. The molecule has 0 fully saturated rings. The van der Waals surface area contributed by atoms with Crippen LogP contribution in [0.1, 0.15) is 61.4 Å². The van der Waals surface area contributed by atoms with Gasteiger partial charge in [0.2, 0.25) is 11.8 Å². The van der Waals surface area contributed by atoms with Crippen LogP contribution in [0.3, 0.4) is 0 Å². The largest absolute Gasteiger partial charge is 0.440 e. The molecule has 0 radical (unpaired) electrons. The Bertz CT molecular complexity index is 3160. The van der Waals surface area contributed by atoms with Crippen molar-refractivity contribution in [2.24, 2.45) is 5.92 Å². The third-order valence-corrected chi connectivity index (χ3v) is 14.4. The first-order chi connectivity index (χ1) is 28.2. The lowest BCUT2D eigenvalue weighted by Gasteiger charge is -2.40. The molecule has 0 N–H and O–H groups in total. The molecule has 2 unspecified atom stereocenters. The summed E-state index contributed by atoms with van der Waals surface area (Å²) in [6.07, 6.45) is 9.24. The monoisotopic (exact) mass is 748 g/mol. The van der Waals surface area contributed by atoms with E-state index in [1.165, 1.54) is 60.7 Å². The molecule has 4 heterocycles. The molecular formula is C53H41BN2O2. The van der Waals surface area contributed by atoms with Crippen LogP contribution in [-0.2, 0) is 10.8 Å². The molecule has 8 aromatic rings. The summed E-state index contributed by atoms with van der Waals surface area (Å²) < 4.78 is 15.0. The van der Waals surface area contributed by atoms with E-state index in [1.54, 1.807) is 0 Å². The van der Waals surface area contributed by atoms with Gasteiger partial charge in [0.1, 0.15) is 11.2 Å².